The maximum absolute atomic E-state index is 9.61. The van der Waals surface area contributed by atoms with Crippen molar-refractivity contribution >= 4 is 0 Å². The SMILES string of the molecule is OCCCCCCCCCN1CCCC1(O)O. The molecule has 0 aliphatic carbocycles. The fourth-order valence-corrected chi connectivity index (χ4v) is 2.43. The van der Waals surface area contributed by atoms with Crippen LogP contribution >= 0.6 is 0 Å². The third kappa shape index (κ3) is 5.82. The van der Waals surface area contributed by atoms with Crippen LogP contribution in [0.15, 0.2) is 0 Å². The van der Waals surface area contributed by atoms with E-state index >= 15 is 0 Å². The fourth-order valence-electron chi connectivity index (χ4n) is 2.43. The van der Waals surface area contributed by atoms with E-state index < -0.39 is 5.91 Å². The van der Waals surface area contributed by atoms with Gasteiger partial charge >= 0.3 is 0 Å². The lowest BCUT2D eigenvalue weighted by atomic mass is 10.1. The van der Waals surface area contributed by atoms with Gasteiger partial charge in [-0.25, -0.2) is 0 Å². The average molecular weight is 245 g/mol. The lowest BCUT2D eigenvalue weighted by Crippen LogP contribution is -2.43. The predicted octanol–water partition coefficient (Wildman–Crippen LogP) is 1.44. The predicted molar refractivity (Wildman–Crippen MR) is 67.4 cm³/mol. The maximum atomic E-state index is 9.61. The van der Waals surface area contributed by atoms with Gasteiger partial charge in [0.1, 0.15) is 0 Å². The van der Waals surface area contributed by atoms with Crippen LogP contribution in [-0.2, 0) is 0 Å². The number of rotatable bonds is 9. The summed E-state index contributed by atoms with van der Waals surface area (Å²) in [7, 11) is 0. The quantitative estimate of drug-likeness (QED) is 0.425. The molecule has 3 N–H and O–H groups in total. The van der Waals surface area contributed by atoms with E-state index in [0.29, 0.717) is 13.0 Å². The molecule has 1 heterocycles. The molecule has 0 atom stereocenters. The summed E-state index contributed by atoms with van der Waals surface area (Å²) in [5.41, 5.74) is 0. The summed E-state index contributed by atoms with van der Waals surface area (Å²) in [6.45, 7) is 1.91. The van der Waals surface area contributed by atoms with Crippen LogP contribution in [0.1, 0.15) is 57.8 Å². The summed E-state index contributed by atoms with van der Waals surface area (Å²) < 4.78 is 0. The van der Waals surface area contributed by atoms with E-state index in [1.807, 2.05) is 0 Å². The van der Waals surface area contributed by atoms with Crippen molar-refractivity contribution in [2.24, 2.45) is 0 Å². The van der Waals surface area contributed by atoms with Gasteiger partial charge in [-0.2, -0.15) is 0 Å². The smallest absolute Gasteiger partial charge is 0.224 e. The summed E-state index contributed by atoms with van der Waals surface area (Å²) in [5, 5.41) is 27.8. The Balaban J connectivity index is 1.90. The van der Waals surface area contributed by atoms with Crippen LogP contribution in [-0.4, -0.2) is 45.8 Å². The van der Waals surface area contributed by atoms with Crippen LogP contribution in [0, 0.1) is 0 Å². The summed E-state index contributed by atoms with van der Waals surface area (Å²) in [5.74, 6) is -1.54. The van der Waals surface area contributed by atoms with Crippen LogP contribution in [0.5, 0.6) is 0 Å². The van der Waals surface area contributed by atoms with Gasteiger partial charge in [0.25, 0.3) is 0 Å². The molecule has 0 unspecified atom stereocenters. The maximum Gasteiger partial charge on any atom is 0.224 e. The minimum Gasteiger partial charge on any atom is -0.396 e. The van der Waals surface area contributed by atoms with Gasteiger partial charge in [-0.05, 0) is 19.3 Å². The van der Waals surface area contributed by atoms with E-state index in [0.717, 1.165) is 45.2 Å². The minimum atomic E-state index is -1.54. The molecule has 0 aromatic carbocycles. The highest BCUT2D eigenvalue weighted by Crippen LogP contribution is 2.24. The van der Waals surface area contributed by atoms with E-state index in [-0.39, 0.29) is 0 Å². The number of aliphatic hydroxyl groups excluding tert-OH is 1. The first kappa shape index (κ1) is 14.9. The standard InChI is InChI=1S/C13H27NO3/c15-12-7-5-3-1-2-4-6-10-14-11-8-9-13(14,16)17/h15-17H,1-12H2. The van der Waals surface area contributed by atoms with Crippen LogP contribution < -0.4 is 0 Å². The van der Waals surface area contributed by atoms with Gasteiger partial charge in [-0.1, -0.05) is 32.1 Å². The summed E-state index contributed by atoms with van der Waals surface area (Å²) in [4.78, 5) is 1.78. The van der Waals surface area contributed by atoms with E-state index in [9.17, 15) is 10.2 Å². The van der Waals surface area contributed by atoms with Gasteiger partial charge in [0.2, 0.25) is 5.91 Å². The van der Waals surface area contributed by atoms with Crippen LogP contribution in [0.3, 0.4) is 0 Å². The molecule has 1 fully saturated rings. The zero-order chi connectivity index (χ0) is 12.6. The van der Waals surface area contributed by atoms with E-state index in [2.05, 4.69) is 0 Å². The molecule has 0 amide bonds. The zero-order valence-corrected chi connectivity index (χ0v) is 10.8. The molecule has 0 aromatic heterocycles. The number of likely N-dealkylation sites (tertiary alicyclic amines) is 1. The molecular weight excluding hydrogens is 218 g/mol. The van der Waals surface area contributed by atoms with Crippen molar-refractivity contribution in [3.8, 4) is 0 Å². The molecule has 0 bridgehead atoms. The number of nitrogens with zero attached hydrogens (tertiary/aromatic N) is 1. The molecule has 0 aromatic rings. The number of hydrogen-bond donors (Lipinski definition) is 3. The average Bonchev–Trinajstić information content (AvgIpc) is 2.62. The Morgan fingerprint density at radius 2 is 1.47 bits per heavy atom. The first-order valence-corrected chi connectivity index (χ1v) is 6.97. The molecule has 102 valence electrons. The van der Waals surface area contributed by atoms with Crippen molar-refractivity contribution in [2.75, 3.05) is 19.7 Å². The normalized spacial score (nSPS) is 19.9. The van der Waals surface area contributed by atoms with Crippen molar-refractivity contribution in [2.45, 2.75) is 63.7 Å². The van der Waals surface area contributed by atoms with E-state index in [4.69, 9.17) is 5.11 Å². The third-order valence-corrected chi connectivity index (χ3v) is 3.53. The fraction of sp³-hybridized carbons (Fsp3) is 1.00. The van der Waals surface area contributed by atoms with Crippen molar-refractivity contribution in [3.63, 3.8) is 0 Å². The summed E-state index contributed by atoms with van der Waals surface area (Å²) in [6, 6.07) is 0. The lowest BCUT2D eigenvalue weighted by Gasteiger charge is -2.27. The van der Waals surface area contributed by atoms with Crippen molar-refractivity contribution in [1.29, 1.82) is 0 Å². The van der Waals surface area contributed by atoms with Gasteiger partial charge in [0.15, 0.2) is 0 Å². The van der Waals surface area contributed by atoms with Crippen LogP contribution in [0.4, 0.5) is 0 Å². The molecule has 4 heteroatoms. The number of aliphatic hydroxyl groups is 3. The van der Waals surface area contributed by atoms with Gasteiger partial charge in [0.05, 0.1) is 0 Å². The first-order valence-electron chi connectivity index (χ1n) is 6.97. The summed E-state index contributed by atoms with van der Waals surface area (Å²) in [6.07, 6.45) is 9.25. The van der Waals surface area contributed by atoms with Gasteiger partial charge in [-0.15, -0.1) is 0 Å². The van der Waals surface area contributed by atoms with E-state index in [1.54, 1.807) is 4.90 Å². The molecule has 1 aliphatic heterocycles. The Hall–Kier alpha value is -0.160. The monoisotopic (exact) mass is 245 g/mol. The Morgan fingerprint density at radius 3 is 2.00 bits per heavy atom. The minimum absolute atomic E-state index is 0.310. The molecule has 1 rings (SSSR count). The molecule has 0 saturated carbocycles. The second-order valence-corrected chi connectivity index (χ2v) is 5.06. The molecule has 1 saturated heterocycles. The van der Waals surface area contributed by atoms with Crippen LogP contribution in [0.25, 0.3) is 0 Å². The van der Waals surface area contributed by atoms with Gasteiger partial charge < -0.3 is 15.3 Å². The Morgan fingerprint density at radius 1 is 0.882 bits per heavy atom. The second kappa shape index (κ2) is 8.03. The van der Waals surface area contributed by atoms with Crippen molar-refractivity contribution < 1.29 is 15.3 Å². The highest BCUT2D eigenvalue weighted by molar-refractivity contribution is 4.76. The molecule has 4 nitrogen and oxygen atoms in total. The second-order valence-electron chi connectivity index (χ2n) is 5.06. The first-order chi connectivity index (χ1) is 8.17. The summed E-state index contributed by atoms with van der Waals surface area (Å²) >= 11 is 0. The highest BCUT2D eigenvalue weighted by Gasteiger charge is 2.35. The molecule has 0 radical (unpaired) electrons. The largest absolute Gasteiger partial charge is 0.396 e. The van der Waals surface area contributed by atoms with Gasteiger partial charge in [0, 0.05) is 26.1 Å². The number of unbranched alkanes of at least 4 members (excludes halogenated alkanes) is 6. The third-order valence-electron chi connectivity index (χ3n) is 3.53. The highest BCUT2D eigenvalue weighted by atomic mass is 16.5. The van der Waals surface area contributed by atoms with Crippen molar-refractivity contribution in [1.82, 2.24) is 4.90 Å². The van der Waals surface area contributed by atoms with Crippen LogP contribution in [0.2, 0.25) is 0 Å². The van der Waals surface area contributed by atoms with Gasteiger partial charge in [-0.3, -0.25) is 4.90 Å². The lowest BCUT2D eigenvalue weighted by molar-refractivity contribution is -0.244. The Kier molecular flexibility index (Phi) is 7.04. The Bertz CT molecular complexity index is 197. The molecular formula is C13H27NO3. The molecule has 0 spiro atoms. The van der Waals surface area contributed by atoms with E-state index in [1.165, 1.54) is 19.3 Å². The Labute approximate surface area is 104 Å². The zero-order valence-electron chi connectivity index (χ0n) is 10.8. The number of hydrogen-bond acceptors (Lipinski definition) is 4. The van der Waals surface area contributed by atoms with Crippen molar-refractivity contribution in [3.05, 3.63) is 0 Å². The molecule has 17 heavy (non-hydrogen) atoms. The molecule has 1 aliphatic rings. The topological polar surface area (TPSA) is 63.9 Å².